The first-order chi connectivity index (χ1) is 10.2. The molecule has 0 amide bonds. The van der Waals surface area contributed by atoms with Crippen LogP contribution in [0, 0.1) is 10.1 Å². The van der Waals surface area contributed by atoms with Gasteiger partial charge in [0, 0.05) is 11.6 Å². The third kappa shape index (κ3) is 3.28. The van der Waals surface area contributed by atoms with E-state index in [0.717, 1.165) is 17.7 Å². The van der Waals surface area contributed by atoms with E-state index < -0.39 is 4.92 Å². The van der Waals surface area contributed by atoms with Gasteiger partial charge in [-0.05, 0) is 23.5 Å². The lowest BCUT2D eigenvalue weighted by atomic mass is 10.2. The van der Waals surface area contributed by atoms with Gasteiger partial charge < -0.3 is 14.9 Å². The topological polar surface area (TPSA) is 70.2 Å². The van der Waals surface area contributed by atoms with E-state index in [1.165, 1.54) is 6.20 Å². The summed E-state index contributed by atoms with van der Waals surface area (Å²) in [6, 6.07) is 7.57. The molecule has 0 atom stereocenters. The van der Waals surface area contributed by atoms with E-state index in [1.807, 2.05) is 37.3 Å². The largest absolute Gasteiger partial charge is 0.496 e. The van der Waals surface area contributed by atoms with Crippen molar-refractivity contribution < 1.29 is 9.66 Å². The molecule has 0 N–H and O–H groups in total. The predicted octanol–water partition coefficient (Wildman–Crippen LogP) is 3.38. The van der Waals surface area contributed by atoms with Gasteiger partial charge in [-0.25, -0.2) is 9.55 Å². The van der Waals surface area contributed by atoms with E-state index in [1.54, 1.807) is 17.8 Å². The molecule has 1 heterocycles. The van der Waals surface area contributed by atoms with Gasteiger partial charge in [0.05, 0.1) is 13.7 Å². The predicted molar refractivity (Wildman–Crippen MR) is 81.1 cm³/mol. The van der Waals surface area contributed by atoms with Gasteiger partial charge in [0.25, 0.3) is 0 Å². The number of para-hydroxylation sites is 1. The van der Waals surface area contributed by atoms with Crippen molar-refractivity contribution in [3.63, 3.8) is 0 Å². The quantitative estimate of drug-likeness (QED) is 0.603. The zero-order valence-corrected chi connectivity index (χ0v) is 12.0. The molecule has 1 aromatic carbocycles. The maximum Gasteiger partial charge on any atom is 0.343 e. The number of benzene rings is 1. The fourth-order valence-corrected chi connectivity index (χ4v) is 2.08. The van der Waals surface area contributed by atoms with Crippen molar-refractivity contribution in [3.05, 3.63) is 52.0 Å². The van der Waals surface area contributed by atoms with Crippen LogP contribution in [0.2, 0.25) is 0 Å². The Morgan fingerprint density at radius 2 is 2.14 bits per heavy atom. The second-order valence-electron chi connectivity index (χ2n) is 4.46. The van der Waals surface area contributed by atoms with Crippen LogP contribution < -0.4 is 4.74 Å². The number of ether oxygens (including phenoxy) is 1. The monoisotopic (exact) mass is 287 g/mol. The van der Waals surface area contributed by atoms with Gasteiger partial charge in [0.2, 0.25) is 5.82 Å². The molecule has 0 unspecified atom stereocenters. The maximum atomic E-state index is 11.0. The smallest absolute Gasteiger partial charge is 0.343 e. The number of nitro groups is 1. The van der Waals surface area contributed by atoms with Gasteiger partial charge in [-0.3, -0.25) is 0 Å². The van der Waals surface area contributed by atoms with Crippen LogP contribution in [-0.4, -0.2) is 21.6 Å². The lowest BCUT2D eigenvalue weighted by Crippen LogP contribution is -2.04. The Balaban J connectivity index is 2.34. The Hall–Kier alpha value is -2.63. The molecule has 0 aliphatic rings. The SMILES string of the molecule is CCCn1c([N+](=O)[O-])cnc1C=Cc1ccccc1OC. The fraction of sp³-hybridized carbons (Fsp3) is 0.267. The number of aromatic nitrogens is 2. The molecule has 0 saturated carbocycles. The molecule has 0 fully saturated rings. The zero-order valence-electron chi connectivity index (χ0n) is 12.0. The molecule has 0 aliphatic heterocycles. The van der Waals surface area contributed by atoms with E-state index in [2.05, 4.69) is 4.98 Å². The lowest BCUT2D eigenvalue weighted by Gasteiger charge is -2.03. The van der Waals surface area contributed by atoms with Crippen LogP contribution in [0.15, 0.2) is 30.5 Å². The molecule has 2 rings (SSSR count). The Morgan fingerprint density at radius 3 is 2.81 bits per heavy atom. The van der Waals surface area contributed by atoms with E-state index in [-0.39, 0.29) is 5.82 Å². The van der Waals surface area contributed by atoms with Crippen molar-refractivity contribution in [2.45, 2.75) is 19.9 Å². The number of methoxy groups -OCH3 is 1. The molecule has 1 aromatic heterocycles. The minimum atomic E-state index is -0.414. The summed E-state index contributed by atoms with van der Waals surface area (Å²) in [4.78, 5) is 14.7. The number of hydrogen-bond acceptors (Lipinski definition) is 4. The second kappa shape index (κ2) is 6.69. The molecule has 6 heteroatoms. The second-order valence-corrected chi connectivity index (χ2v) is 4.46. The van der Waals surface area contributed by atoms with Crippen molar-refractivity contribution >= 4 is 18.0 Å². The summed E-state index contributed by atoms with van der Waals surface area (Å²) in [6.45, 7) is 2.53. The van der Waals surface area contributed by atoms with Gasteiger partial charge in [-0.15, -0.1) is 0 Å². The van der Waals surface area contributed by atoms with E-state index in [0.29, 0.717) is 12.4 Å². The van der Waals surface area contributed by atoms with Crippen molar-refractivity contribution in [1.29, 1.82) is 0 Å². The molecule has 0 radical (unpaired) electrons. The van der Waals surface area contributed by atoms with Crippen LogP contribution in [0.4, 0.5) is 5.82 Å². The highest BCUT2D eigenvalue weighted by Gasteiger charge is 2.17. The molecule has 0 spiro atoms. The number of nitrogens with zero attached hydrogens (tertiary/aromatic N) is 3. The van der Waals surface area contributed by atoms with Gasteiger partial charge in [0.1, 0.15) is 11.9 Å². The van der Waals surface area contributed by atoms with Crippen LogP contribution in [-0.2, 0) is 6.54 Å². The van der Waals surface area contributed by atoms with E-state index in [9.17, 15) is 10.1 Å². The molecule has 0 aliphatic carbocycles. The summed E-state index contributed by atoms with van der Waals surface area (Å²) in [5.41, 5.74) is 0.897. The van der Waals surface area contributed by atoms with E-state index in [4.69, 9.17) is 4.74 Å². The first-order valence-corrected chi connectivity index (χ1v) is 6.68. The zero-order chi connectivity index (χ0) is 15.2. The Kier molecular flexibility index (Phi) is 4.71. The molecule has 0 saturated heterocycles. The molecule has 6 nitrogen and oxygen atoms in total. The lowest BCUT2D eigenvalue weighted by molar-refractivity contribution is -0.392. The summed E-state index contributed by atoms with van der Waals surface area (Å²) >= 11 is 0. The van der Waals surface area contributed by atoms with Gasteiger partial charge >= 0.3 is 5.82 Å². The summed E-state index contributed by atoms with van der Waals surface area (Å²) in [7, 11) is 1.61. The number of rotatable bonds is 6. The Labute approximate surface area is 122 Å². The average Bonchev–Trinajstić information content (AvgIpc) is 2.89. The highest BCUT2D eigenvalue weighted by atomic mass is 16.6. The third-order valence-electron chi connectivity index (χ3n) is 3.05. The minimum Gasteiger partial charge on any atom is -0.496 e. The van der Waals surface area contributed by atoms with Crippen LogP contribution in [0.5, 0.6) is 5.75 Å². The maximum absolute atomic E-state index is 11.0. The van der Waals surface area contributed by atoms with Crippen molar-refractivity contribution in [1.82, 2.24) is 9.55 Å². The van der Waals surface area contributed by atoms with Gasteiger partial charge in [-0.1, -0.05) is 25.1 Å². The van der Waals surface area contributed by atoms with Crippen molar-refractivity contribution in [2.75, 3.05) is 7.11 Å². The van der Waals surface area contributed by atoms with Crippen LogP contribution in [0.3, 0.4) is 0 Å². The Bertz CT molecular complexity index is 662. The standard InChI is InChI=1S/C15H17N3O3/c1-3-10-17-14(16-11-15(17)18(19)20)9-8-12-6-4-5-7-13(12)21-2/h4-9,11H,3,10H2,1-2H3. The number of imidazole rings is 1. The van der Waals surface area contributed by atoms with Crippen LogP contribution in [0.1, 0.15) is 24.7 Å². The van der Waals surface area contributed by atoms with Crippen LogP contribution in [0.25, 0.3) is 12.2 Å². The molecule has 110 valence electrons. The third-order valence-corrected chi connectivity index (χ3v) is 3.05. The van der Waals surface area contributed by atoms with Gasteiger partial charge in [0.15, 0.2) is 0 Å². The summed E-state index contributed by atoms with van der Waals surface area (Å²) in [6.07, 6.45) is 5.70. The fourth-order valence-electron chi connectivity index (χ4n) is 2.08. The van der Waals surface area contributed by atoms with Gasteiger partial charge in [-0.2, -0.15) is 0 Å². The molecule has 2 aromatic rings. The highest BCUT2D eigenvalue weighted by Crippen LogP contribution is 2.21. The first-order valence-electron chi connectivity index (χ1n) is 6.68. The summed E-state index contributed by atoms with van der Waals surface area (Å²) in [5, 5.41) is 11.0. The van der Waals surface area contributed by atoms with Crippen molar-refractivity contribution in [2.24, 2.45) is 0 Å². The van der Waals surface area contributed by atoms with Crippen molar-refractivity contribution in [3.8, 4) is 5.75 Å². The summed E-state index contributed by atoms with van der Waals surface area (Å²) in [5.74, 6) is 1.32. The minimum absolute atomic E-state index is 0.0107. The highest BCUT2D eigenvalue weighted by molar-refractivity contribution is 5.70. The average molecular weight is 287 g/mol. The first kappa shape index (κ1) is 14.8. The normalized spacial score (nSPS) is 11.0. The molecule has 21 heavy (non-hydrogen) atoms. The number of hydrogen-bond donors (Lipinski definition) is 0. The van der Waals surface area contributed by atoms with E-state index >= 15 is 0 Å². The molecular formula is C15H17N3O3. The molecular weight excluding hydrogens is 270 g/mol. The summed E-state index contributed by atoms with van der Waals surface area (Å²) < 4.78 is 6.87. The van der Waals surface area contributed by atoms with Crippen LogP contribution >= 0.6 is 0 Å². The Morgan fingerprint density at radius 1 is 1.38 bits per heavy atom. The molecule has 0 bridgehead atoms.